The van der Waals surface area contributed by atoms with Gasteiger partial charge in [-0.05, 0) is 205 Å². The van der Waals surface area contributed by atoms with E-state index in [2.05, 4.69) is 86.5 Å². The molecule has 0 radical (unpaired) electrons. The molecule has 0 saturated heterocycles. The summed E-state index contributed by atoms with van der Waals surface area (Å²) < 4.78 is 38.0. The SMILES string of the molecule is COC(=O)CCN(CCNC(=O)CCN(CCNC(=O)c1ccc(SC2C=c3c4ccc5c6ccc7c8ccc9c%10ccc%11c%12c%13c(c3c3c4c5c4c6c7c5c8c9c(c%10%12)c6c%13c3c4c56)C%112Sc2ccc(C(=O)NCCN(CCC(=O)NCCN(CCC(=O)OC)CCC(=O)OC)CCC(=O)NCCN(CCC(=O)OC)CCC(=O)OC)cc2)cc1)CCC(=O)NCCN(CCC(=O)OC)CCC(=O)OC)CCC(=O)OC. The van der Waals surface area contributed by atoms with E-state index in [1.807, 2.05) is 89.7 Å². The summed E-state index contributed by atoms with van der Waals surface area (Å²) in [7, 11) is 10.4. The first-order chi connectivity index (χ1) is 70.8. The Morgan fingerprint density at radius 3 is 0.774 bits per heavy atom. The van der Waals surface area contributed by atoms with E-state index in [9.17, 15) is 67.1 Å². The van der Waals surface area contributed by atoms with E-state index in [1.54, 1.807) is 11.8 Å². The average Bonchev–Trinajstić information content (AvgIpc) is 1.43. The largest absolute Gasteiger partial charge is 0.469 e. The van der Waals surface area contributed by atoms with Crippen molar-refractivity contribution in [2.75, 3.05) is 214 Å². The lowest BCUT2D eigenvalue weighted by atomic mass is 9.83. The summed E-state index contributed by atoms with van der Waals surface area (Å²) >= 11 is 3.57. The van der Waals surface area contributed by atoms with Crippen LogP contribution in [0.1, 0.15) is 109 Å². The average molecular weight is 2030 g/mol. The summed E-state index contributed by atoms with van der Waals surface area (Å²) in [5.41, 5.74) is 3.32. The molecule has 18 rings (SSSR count). The minimum Gasteiger partial charge on any atom is -0.469 e. The molecule has 764 valence electrons. The molecule has 36 heteroatoms. The normalized spacial score (nSPS) is 14.2. The van der Waals surface area contributed by atoms with Crippen LogP contribution in [0.5, 0.6) is 0 Å². The number of ether oxygens (including phenoxy) is 8. The molecule has 2 unspecified atom stereocenters. The van der Waals surface area contributed by atoms with Crippen LogP contribution in [0, 0.1) is 0 Å². The van der Waals surface area contributed by atoms with E-state index >= 15 is 0 Å². The highest BCUT2D eigenvalue weighted by Crippen LogP contribution is 2.72. The smallest absolute Gasteiger partial charge is 0.306 e. The third-order valence-electron chi connectivity index (χ3n) is 29.7. The molecule has 2 aliphatic carbocycles. The number of hydrogen-bond donors (Lipinski definition) is 6. The number of carbonyl (C=O) groups excluding carboxylic acids is 14. The quantitative estimate of drug-likeness (QED) is 0.0117. The fourth-order valence-electron chi connectivity index (χ4n) is 22.5. The van der Waals surface area contributed by atoms with Crippen molar-refractivity contribution >= 4 is 253 Å². The Morgan fingerprint density at radius 2 is 0.479 bits per heavy atom. The number of benzene rings is 11. The van der Waals surface area contributed by atoms with Crippen molar-refractivity contribution in [1.29, 1.82) is 0 Å². The predicted molar refractivity (Wildman–Crippen MR) is 562 cm³/mol. The van der Waals surface area contributed by atoms with Gasteiger partial charge in [0.15, 0.2) is 0 Å². The summed E-state index contributed by atoms with van der Waals surface area (Å²) in [6.07, 6.45) is 3.30. The van der Waals surface area contributed by atoms with Crippen LogP contribution in [0.25, 0.3) is 146 Å². The van der Waals surface area contributed by atoms with Gasteiger partial charge in [-0.1, -0.05) is 54.6 Å². The number of hydrogen-bond acceptors (Lipinski definition) is 30. The number of carbonyl (C=O) groups is 14. The van der Waals surface area contributed by atoms with Crippen molar-refractivity contribution in [2.45, 2.75) is 96.8 Å². The van der Waals surface area contributed by atoms with Crippen molar-refractivity contribution in [3.63, 3.8) is 0 Å². The Kier molecular flexibility index (Phi) is 31.5. The van der Waals surface area contributed by atoms with Gasteiger partial charge in [-0.2, -0.15) is 0 Å². The Bertz CT molecular complexity index is 7340. The molecule has 6 amide bonds. The monoisotopic (exact) mass is 2020 g/mol. The van der Waals surface area contributed by atoms with Crippen molar-refractivity contribution in [2.24, 2.45) is 0 Å². The molecule has 0 saturated carbocycles. The van der Waals surface area contributed by atoms with E-state index < -0.39 is 52.5 Å². The minimum atomic E-state index is -0.837. The van der Waals surface area contributed by atoms with Crippen LogP contribution in [0.15, 0.2) is 107 Å². The standard InChI is InChI=1S/C110H120N12O22S2/c1-137-80(127)29-47-119(48-30-81(128)138-2)55-37-111-76(123)25-43-117(44-26-77(124)112-38-56-120(49-31-82(129)139-3)50-32-83(130)140-4)59-41-115-108(135)62-9-13-64(14-10-62)145-75-61-73-72-22-21-69-68-18-17-66-67-19-20-70-71-23-24-74-96-94(71)99-91(70)90(67)97-88(66)89(68)98-92(69)93(72)100-95(73)107(106(96)105-103(99)101(97)102(98)104(100)105)110(74,75)146-65-15-11-63(12-16-65)109(136)116-42-60-118(45-27-78(125)113-39-57-121(51-33-84(131)141-5)52-34-85(132)142-6)46-28-79(126)114-40-58-122(53-35-86(133)143-7)54-36-87(134)144-8/h9-24,61,75H,25-60H2,1-8H3,(H,111,123)(H,112,124)(H,113,125)(H,114,126)(H,115,135)(H,116,136). The van der Waals surface area contributed by atoms with Crippen molar-refractivity contribution in [3.8, 4) is 0 Å². The molecule has 0 aromatic heterocycles. The second kappa shape index (κ2) is 44.9. The van der Waals surface area contributed by atoms with Gasteiger partial charge in [0.25, 0.3) is 11.8 Å². The predicted octanol–water partition coefficient (Wildman–Crippen LogP) is 9.88. The number of fused-ring (bicyclic) bond motifs is 5. The van der Waals surface area contributed by atoms with E-state index in [-0.39, 0.29) is 249 Å². The molecule has 146 heavy (non-hydrogen) atoms. The molecule has 0 spiro atoms. The maximum Gasteiger partial charge on any atom is 0.306 e. The summed E-state index contributed by atoms with van der Waals surface area (Å²) in [6.45, 7) is 6.16. The molecule has 0 heterocycles. The van der Waals surface area contributed by atoms with Crippen molar-refractivity contribution in [1.82, 2.24) is 61.3 Å². The second-order valence-corrected chi connectivity index (χ2v) is 40.3. The lowest BCUT2D eigenvalue weighted by Crippen LogP contribution is -2.41. The van der Waals surface area contributed by atoms with Gasteiger partial charge in [0.1, 0.15) is 0 Å². The van der Waals surface area contributed by atoms with Gasteiger partial charge in [-0.15, -0.1) is 23.5 Å². The van der Waals surface area contributed by atoms with Crippen LogP contribution < -0.4 is 37.1 Å². The van der Waals surface area contributed by atoms with Crippen LogP contribution >= 0.6 is 23.5 Å². The number of nitrogens with one attached hydrogen (secondary N) is 6. The van der Waals surface area contributed by atoms with Crippen LogP contribution in [0.2, 0.25) is 0 Å². The maximum absolute atomic E-state index is 14.8. The molecule has 0 fully saturated rings. The number of amides is 6. The Hall–Kier alpha value is -13.5. The van der Waals surface area contributed by atoms with Gasteiger partial charge in [0.2, 0.25) is 23.6 Å². The van der Waals surface area contributed by atoms with Gasteiger partial charge >= 0.3 is 47.8 Å². The Balaban J connectivity index is 0.614. The van der Waals surface area contributed by atoms with Gasteiger partial charge in [0, 0.05) is 204 Å². The molecule has 2 atom stereocenters. The highest BCUT2D eigenvalue weighted by molar-refractivity contribution is 8.04. The number of methoxy groups -OCH3 is 8. The molecule has 34 nitrogen and oxygen atoms in total. The van der Waals surface area contributed by atoms with E-state index in [4.69, 9.17) is 37.9 Å². The van der Waals surface area contributed by atoms with Crippen LogP contribution in [0.3, 0.4) is 0 Å². The van der Waals surface area contributed by atoms with E-state index in [0.717, 1.165) is 9.79 Å². The molecular weight excluding hydrogens is 1910 g/mol. The van der Waals surface area contributed by atoms with Crippen LogP contribution in [-0.4, -0.2) is 332 Å². The lowest BCUT2D eigenvalue weighted by Gasteiger charge is -2.40. The first-order valence-electron chi connectivity index (χ1n) is 49.9. The molecule has 0 aliphatic heterocycles. The highest BCUT2D eigenvalue weighted by Gasteiger charge is 2.55. The van der Waals surface area contributed by atoms with Gasteiger partial charge in [-0.25, -0.2) is 0 Å². The van der Waals surface area contributed by atoms with Gasteiger partial charge in [0.05, 0.1) is 118 Å². The third-order valence-corrected chi connectivity index (χ3v) is 32.6. The topological polar surface area (TPSA) is 404 Å². The maximum atomic E-state index is 14.8. The molecule has 6 N–H and O–H groups in total. The fraction of sp³-hybridized carbons (Fsp3) is 0.418. The van der Waals surface area contributed by atoms with Crippen LogP contribution in [0.4, 0.5) is 0 Å². The lowest BCUT2D eigenvalue weighted by molar-refractivity contribution is -0.142. The van der Waals surface area contributed by atoms with Crippen LogP contribution in [-0.2, 0) is 100 Å². The Morgan fingerprint density at radius 1 is 0.247 bits per heavy atom. The third kappa shape index (κ3) is 20.2. The first kappa shape index (κ1) is 103. The van der Waals surface area contributed by atoms with Gasteiger partial charge < -0.3 is 99.2 Å². The number of nitrogens with zero attached hydrogens (tertiary/aromatic N) is 6. The summed E-state index contributed by atoms with van der Waals surface area (Å²) in [5.74, 6) is -5.10. The highest BCUT2D eigenvalue weighted by atomic mass is 32.2. The zero-order valence-corrected chi connectivity index (χ0v) is 85.0. The van der Waals surface area contributed by atoms with E-state index in [1.165, 1.54) is 213 Å². The zero-order chi connectivity index (χ0) is 102. The minimum absolute atomic E-state index is 0.0352. The summed E-state index contributed by atoms with van der Waals surface area (Å²) in [6, 6.07) is 34.6. The molecular formula is C110H120N12O22S2. The van der Waals surface area contributed by atoms with E-state index in [0.29, 0.717) is 37.3 Å². The van der Waals surface area contributed by atoms with Gasteiger partial charge in [-0.3, -0.25) is 67.1 Å². The van der Waals surface area contributed by atoms with Crippen molar-refractivity contribution < 1.29 is 105 Å². The molecule has 16 aromatic rings. The molecule has 0 bridgehead atoms. The van der Waals surface area contributed by atoms with Crippen molar-refractivity contribution in [3.05, 3.63) is 125 Å². The first-order valence-corrected chi connectivity index (χ1v) is 51.6. The Labute approximate surface area is 849 Å². The molecule has 16 aromatic carbocycles. The summed E-state index contributed by atoms with van der Waals surface area (Å²) in [5, 5.41) is 53.0. The zero-order valence-electron chi connectivity index (χ0n) is 83.3. The fourth-order valence-corrected chi connectivity index (χ4v) is 25.4. The number of esters is 8. The number of thioether (sulfide) groups is 2. The second-order valence-electron chi connectivity index (χ2n) is 37.7. The number of rotatable bonds is 60. The molecule has 2 aliphatic rings. The summed E-state index contributed by atoms with van der Waals surface area (Å²) in [4.78, 5) is 194.